The molecule has 3 aromatic carbocycles. The average molecular weight is 548 g/mol. The number of nitriles is 1. The van der Waals surface area contributed by atoms with Crippen LogP contribution in [-0.4, -0.2) is 52.9 Å². The predicted molar refractivity (Wildman–Crippen MR) is 160 cm³/mol. The first-order valence-electron chi connectivity index (χ1n) is 14.5. The van der Waals surface area contributed by atoms with Crippen molar-refractivity contribution >= 4 is 22.6 Å². The molecule has 41 heavy (non-hydrogen) atoms. The quantitative estimate of drug-likeness (QED) is 0.276. The Hall–Kier alpha value is -4.28. The Morgan fingerprint density at radius 3 is 2.46 bits per heavy atom. The summed E-state index contributed by atoms with van der Waals surface area (Å²) in [6.07, 6.45) is 4.50. The lowest BCUT2D eigenvalue weighted by Gasteiger charge is -2.29. The highest BCUT2D eigenvalue weighted by atomic mass is 19.1. The van der Waals surface area contributed by atoms with Crippen LogP contribution in [0.2, 0.25) is 0 Å². The third kappa shape index (κ3) is 5.79. The number of fused-ring (bicyclic) bond motifs is 1. The molecule has 2 fully saturated rings. The van der Waals surface area contributed by atoms with Crippen LogP contribution >= 0.6 is 0 Å². The number of anilines is 1. The molecule has 1 unspecified atom stereocenters. The van der Waals surface area contributed by atoms with Crippen molar-refractivity contribution in [2.75, 3.05) is 31.5 Å². The summed E-state index contributed by atoms with van der Waals surface area (Å²) in [7, 11) is 0. The van der Waals surface area contributed by atoms with Crippen molar-refractivity contribution in [3.63, 3.8) is 0 Å². The zero-order valence-electron chi connectivity index (χ0n) is 23.3. The van der Waals surface area contributed by atoms with E-state index in [0.29, 0.717) is 16.9 Å². The van der Waals surface area contributed by atoms with E-state index in [0.717, 1.165) is 66.6 Å². The van der Waals surface area contributed by atoms with Gasteiger partial charge in [-0.25, -0.2) is 9.37 Å². The standard InChI is InChI=1S/C34H34FN5O/c1-23(25-10-13-28(35)14-11-25)37-33-20-31(34(41)40-18-4-5-29(40)22-39-16-2-3-17-39)30-19-27(12-15-32(30)38-33)26-8-6-24(21-36)7-9-26/h6-15,19-20,23,29H,2-5,16-18,22H2,1H3,(H,37,38)/t23?,29-/m0/s1. The average Bonchev–Trinajstić information content (AvgIpc) is 3.69. The van der Waals surface area contributed by atoms with E-state index in [1.54, 1.807) is 24.3 Å². The summed E-state index contributed by atoms with van der Waals surface area (Å²) in [6.45, 7) is 5.91. The largest absolute Gasteiger partial charge is 0.364 e. The number of halogens is 1. The molecule has 6 rings (SSSR count). The molecule has 2 atom stereocenters. The Bertz CT molecular complexity index is 1590. The van der Waals surface area contributed by atoms with Gasteiger partial charge in [-0.05, 0) is 105 Å². The van der Waals surface area contributed by atoms with Gasteiger partial charge < -0.3 is 15.1 Å². The van der Waals surface area contributed by atoms with Crippen LogP contribution in [0.4, 0.5) is 10.2 Å². The second-order valence-corrected chi connectivity index (χ2v) is 11.2. The highest BCUT2D eigenvalue weighted by Gasteiger charge is 2.32. The van der Waals surface area contributed by atoms with Crippen LogP contribution in [0, 0.1) is 17.1 Å². The molecule has 208 valence electrons. The Morgan fingerprint density at radius 2 is 1.73 bits per heavy atom. The van der Waals surface area contributed by atoms with Crippen LogP contribution in [0.25, 0.3) is 22.0 Å². The van der Waals surface area contributed by atoms with Gasteiger partial charge in [0.25, 0.3) is 5.91 Å². The van der Waals surface area contributed by atoms with Crippen LogP contribution in [-0.2, 0) is 0 Å². The van der Waals surface area contributed by atoms with E-state index in [2.05, 4.69) is 21.2 Å². The molecule has 0 aliphatic carbocycles. The van der Waals surface area contributed by atoms with Crippen molar-refractivity contribution in [2.45, 2.75) is 44.7 Å². The normalized spacial score (nSPS) is 18.0. The molecular weight excluding hydrogens is 513 g/mol. The lowest BCUT2D eigenvalue weighted by molar-refractivity contribution is 0.0710. The fourth-order valence-electron chi connectivity index (χ4n) is 6.16. The van der Waals surface area contributed by atoms with Crippen LogP contribution in [0.15, 0.2) is 72.8 Å². The summed E-state index contributed by atoms with van der Waals surface area (Å²) in [4.78, 5) is 23.7. The Kier molecular flexibility index (Phi) is 7.67. The minimum atomic E-state index is -0.273. The van der Waals surface area contributed by atoms with Crippen LogP contribution in [0.5, 0.6) is 0 Å². The summed E-state index contributed by atoms with van der Waals surface area (Å²) in [6, 6.07) is 24.0. The van der Waals surface area contributed by atoms with Gasteiger partial charge in [-0.2, -0.15) is 5.26 Å². The maximum atomic E-state index is 14.3. The van der Waals surface area contributed by atoms with E-state index in [-0.39, 0.29) is 23.8 Å². The van der Waals surface area contributed by atoms with Gasteiger partial charge in [-0.15, -0.1) is 0 Å². The summed E-state index contributed by atoms with van der Waals surface area (Å²) in [5, 5.41) is 13.5. The SMILES string of the molecule is CC(Nc1cc(C(=O)N2CCC[C@H]2CN2CCCC2)c2cc(-c3ccc(C#N)cc3)ccc2n1)c1ccc(F)cc1. The third-order valence-electron chi connectivity index (χ3n) is 8.43. The van der Waals surface area contributed by atoms with Gasteiger partial charge in [-0.3, -0.25) is 4.79 Å². The Morgan fingerprint density at radius 1 is 1.00 bits per heavy atom. The fourth-order valence-corrected chi connectivity index (χ4v) is 6.16. The van der Waals surface area contributed by atoms with Crippen molar-refractivity contribution in [3.8, 4) is 17.2 Å². The fraction of sp³-hybridized carbons (Fsp3) is 0.324. The predicted octanol–water partition coefficient (Wildman–Crippen LogP) is 6.79. The van der Waals surface area contributed by atoms with Gasteiger partial charge in [0.1, 0.15) is 11.6 Å². The molecule has 0 saturated carbocycles. The van der Waals surface area contributed by atoms with Gasteiger partial charge in [0.05, 0.1) is 22.7 Å². The number of rotatable bonds is 7. The number of hydrogen-bond acceptors (Lipinski definition) is 5. The van der Waals surface area contributed by atoms with E-state index < -0.39 is 0 Å². The number of pyridine rings is 1. The summed E-state index contributed by atoms with van der Waals surface area (Å²) < 4.78 is 13.5. The van der Waals surface area contributed by atoms with Gasteiger partial charge in [0, 0.05) is 30.6 Å². The van der Waals surface area contributed by atoms with Gasteiger partial charge in [0.2, 0.25) is 0 Å². The zero-order valence-corrected chi connectivity index (χ0v) is 23.3. The third-order valence-corrected chi connectivity index (χ3v) is 8.43. The van der Waals surface area contributed by atoms with E-state index in [1.807, 2.05) is 43.3 Å². The maximum Gasteiger partial charge on any atom is 0.254 e. The van der Waals surface area contributed by atoms with Gasteiger partial charge in [0.15, 0.2) is 0 Å². The first-order valence-corrected chi connectivity index (χ1v) is 14.5. The van der Waals surface area contributed by atoms with Crippen molar-refractivity contribution < 1.29 is 9.18 Å². The highest BCUT2D eigenvalue weighted by molar-refractivity contribution is 6.08. The highest BCUT2D eigenvalue weighted by Crippen LogP contribution is 2.32. The van der Waals surface area contributed by atoms with E-state index >= 15 is 0 Å². The minimum Gasteiger partial charge on any atom is -0.364 e. The lowest BCUT2D eigenvalue weighted by Crippen LogP contribution is -2.42. The number of hydrogen-bond donors (Lipinski definition) is 1. The Balaban J connectivity index is 1.38. The molecule has 6 nitrogen and oxygen atoms in total. The van der Waals surface area contributed by atoms with Crippen molar-refractivity contribution in [2.24, 2.45) is 0 Å². The van der Waals surface area contributed by atoms with Crippen LogP contribution in [0.1, 0.15) is 60.1 Å². The molecule has 2 aliphatic heterocycles. The summed E-state index contributed by atoms with van der Waals surface area (Å²) >= 11 is 0. The smallest absolute Gasteiger partial charge is 0.254 e. The topological polar surface area (TPSA) is 72.3 Å². The number of carbonyl (C=O) groups is 1. The summed E-state index contributed by atoms with van der Waals surface area (Å²) in [5.74, 6) is 0.373. The molecular formula is C34H34FN5O. The second-order valence-electron chi connectivity index (χ2n) is 11.2. The van der Waals surface area contributed by atoms with Crippen molar-refractivity contribution in [3.05, 3.63) is 95.3 Å². The number of aromatic nitrogens is 1. The van der Waals surface area contributed by atoms with Crippen LogP contribution < -0.4 is 5.32 Å². The molecule has 4 aromatic rings. The molecule has 1 N–H and O–H groups in total. The first kappa shape index (κ1) is 26.9. The number of carbonyl (C=O) groups excluding carboxylic acids is 1. The molecule has 1 amide bonds. The summed E-state index contributed by atoms with van der Waals surface area (Å²) in [5.41, 5.74) is 4.85. The maximum absolute atomic E-state index is 14.3. The molecule has 2 saturated heterocycles. The van der Waals surface area contributed by atoms with Gasteiger partial charge >= 0.3 is 0 Å². The van der Waals surface area contributed by atoms with Crippen molar-refractivity contribution in [1.29, 1.82) is 5.26 Å². The van der Waals surface area contributed by atoms with E-state index in [1.165, 1.54) is 25.0 Å². The Labute approximate surface area is 240 Å². The molecule has 0 bridgehead atoms. The molecule has 2 aliphatic rings. The second kappa shape index (κ2) is 11.7. The first-order chi connectivity index (χ1) is 20.0. The zero-order chi connectivity index (χ0) is 28.3. The molecule has 0 spiro atoms. The van der Waals surface area contributed by atoms with Crippen LogP contribution in [0.3, 0.4) is 0 Å². The molecule has 0 radical (unpaired) electrons. The number of amides is 1. The monoisotopic (exact) mass is 547 g/mol. The lowest BCUT2D eigenvalue weighted by atomic mass is 9.99. The number of nitrogens with zero attached hydrogens (tertiary/aromatic N) is 4. The van der Waals surface area contributed by atoms with Crippen molar-refractivity contribution in [1.82, 2.24) is 14.8 Å². The number of nitrogens with one attached hydrogen (secondary N) is 1. The molecule has 3 heterocycles. The number of benzene rings is 3. The minimum absolute atomic E-state index is 0.0357. The molecule has 1 aromatic heterocycles. The molecule has 7 heteroatoms. The van der Waals surface area contributed by atoms with E-state index in [9.17, 15) is 14.4 Å². The van der Waals surface area contributed by atoms with Gasteiger partial charge in [-0.1, -0.05) is 30.3 Å². The number of likely N-dealkylation sites (tertiary alicyclic amines) is 2. The van der Waals surface area contributed by atoms with E-state index in [4.69, 9.17) is 4.98 Å².